The lowest BCUT2D eigenvalue weighted by molar-refractivity contribution is -0.225. The Labute approximate surface area is 277 Å². The molecule has 1 aliphatic heterocycles. The van der Waals surface area contributed by atoms with Gasteiger partial charge in [-0.2, -0.15) is 4.47 Å². The Bertz CT molecular complexity index is 1270. The molecule has 8 atom stereocenters. The van der Waals surface area contributed by atoms with Crippen LogP contribution in [0.15, 0.2) is 30.9 Å². The predicted octanol–water partition coefficient (Wildman–Crippen LogP) is 9.55. The van der Waals surface area contributed by atoms with Gasteiger partial charge in [0, 0.05) is 18.7 Å². The van der Waals surface area contributed by atoms with E-state index in [0.717, 1.165) is 18.9 Å². The summed E-state index contributed by atoms with van der Waals surface area (Å²) in [5, 5.41) is 31.4. The molecule has 1 saturated heterocycles. The van der Waals surface area contributed by atoms with Gasteiger partial charge in [-0.05, 0) is 155 Å². The summed E-state index contributed by atoms with van der Waals surface area (Å²) >= 11 is 1.34. The number of nitrogens with zero attached hydrogens (tertiary/aromatic N) is 2. The molecule has 0 amide bonds. The monoisotopic (exact) mass is 640 g/mol. The summed E-state index contributed by atoms with van der Waals surface area (Å²) in [6.45, 7) is 21.0. The number of carbonyl (C=O) groups is 1. The molecule has 6 rings (SSSR count). The van der Waals surface area contributed by atoms with E-state index >= 15 is 0 Å². The third-order valence-electron chi connectivity index (χ3n) is 14.5. The van der Waals surface area contributed by atoms with Crippen LogP contribution in [0.1, 0.15) is 128 Å². The Morgan fingerprint density at radius 2 is 1.69 bits per heavy atom. The molecule has 252 valence electrons. The van der Waals surface area contributed by atoms with Gasteiger partial charge >= 0.3 is 5.97 Å². The first kappa shape index (κ1) is 34.8. The van der Waals surface area contributed by atoms with Crippen LogP contribution in [-0.2, 0) is 0 Å². The zero-order valence-corrected chi connectivity index (χ0v) is 29.9. The number of aromatic carboxylic acids is 1. The molecule has 0 aromatic heterocycles. The van der Waals surface area contributed by atoms with Crippen molar-refractivity contribution >= 4 is 23.8 Å². The van der Waals surface area contributed by atoms with Crippen molar-refractivity contribution in [1.29, 1.82) is 0 Å². The van der Waals surface area contributed by atoms with Crippen LogP contribution in [0.4, 0.5) is 5.69 Å². The van der Waals surface area contributed by atoms with Crippen molar-refractivity contribution in [2.24, 2.45) is 45.3 Å². The molecule has 6 unspecified atom stereocenters. The fraction of sp³-hybridized carbons (Fsp3) is 0.763. The Hall–Kier alpha value is -1.54. The summed E-state index contributed by atoms with van der Waals surface area (Å²) in [4.78, 5) is 11.7. The first-order valence-electron chi connectivity index (χ1n) is 17.6. The maximum Gasteiger partial charge on any atom is 0.336 e. The molecular weight excluding hydrogens is 580 g/mol. The molecule has 3 N–H and O–H groups in total. The van der Waals surface area contributed by atoms with E-state index < -0.39 is 5.97 Å². The van der Waals surface area contributed by atoms with Crippen LogP contribution in [0.25, 0.3) is 0 Å². The summed E-state index contributed by atoms with van der Waals surface area (Å²) in [7, 11) is 0. The van der Waals surface area contributed by atoms with Crippen LogP contribution >= 0.6 is 12.1 Å². The van der Waals surface area contributed by atoms with Gasteiger partial charge in [-0.1, -0.05) is 39.3 Å². The topological polar surface area (TPSA) is 84.2 Å². The van der Waals surface area contributed by atoms with E-state index in [4.69, 9.17) is 0 Å². The predicted molar refractivity (Wildman–Crippen MR) is 185 cm³/mol. The second kappa shape index (κ2) is 12.5. The Morgan fingerprint density at radius 1 is 0.978 bits per heavy atom. The minimum atomic E-state index is -0.972. The highest BCUT2D eigenvalue weighted by molar-refractivity contribution is 7.98. The van der Waals surface area contributed by atoms with E-state index in [1.54, 1.807) is 31.2 Å². The van der Waals surface area contributed by atoms with E-state index in [1.807, 2.05) is 6.92 Å². The van der Waals surface area contributed by atoms with Crippen LogP contribution in [0.5, 0.6) is 0 Å². The number of hydrogen-bond donors (Lipinski definition) is 3. The van der Waals surface area contributed by atoms with Gasteiger partial charge in [0.05, 0.1) is 23.4 Å². The molecule has 6 nitrogen and oxygen atoms in total. The minimum absolute atomic E-state index is 0.139. The number of fused-ring (bicyclic) bond motifs is 7. The van der Waals surface area contributed by atoms with Crippen molar-refractivity contribution in [3.05, 3.63) is 42.0 Å². The fourth-order valence-electron chi connectivity index (χ4n) is 12.2. The largest absolute Gasteiger partial charge is 0.478 e. The molecule has 45 heavy (non-hydrogen) atoms. The van der Waals surface area contributed by atoms with Crippen LogP contribution < -0.4 is 4.47 Å². The maximum absolute atomic E-state index is 11.7. The van der Waals surface area contributed by atoms with E-state index in [2.05, 4.69) is 45.5 Å². The summed E-state index contributed by atoms with van der Waals surface area (Å²) in [6.07, 6.45) is 15.4. The van der Waals surface area contributed by atoms with Crippen molar-refractivity contribution in [2.45, 2.75) is 125 Å². The van der Waals surface area contributed by atoms with Crippen LogP contribution in [0, 0.1) is 52.3 Å². The van der Waals surface area contributed by atoms with Crippen molar-refractivity contribution in [2.75, 3.05) is 17.6 Å². The van der Waals surface area contributed by atoms with Crippen molar-refractivity contribution in [1.82, 2.24) is 4.31 Å². The highest BCUT2D eigenvalue weighted by Gasteiger charge is 2.69. The number of benzene rings is 1. The average Bonchev–Trinajstić information content (AvgIpc) is 3.38. The van der Waals surface area contributed by atoms with Gasteiger partial charge in [0.25, 0.3) is 0 Å². The van der Waals surface area contributed by atoms with E-state index in [0.29, 0.717) is 46.4 Å². The first-order valence-corrected chi connectivity index (χ1v) is 18.3. The quantitative estimate of drug-likeness (QED) is 0.168. The zero-order valence-electron chi connectivity index (χ0n) is 29.1. The molecule has 7 heteroatoms. The molecule has 0 spiro atoms. The first-order chi connectivity index (χ1) is 21.1. The normalized spacial score (nSPS) is 40.4. The third-order valence-corrected chi connectivity index (χ3v) is 15.8. The smallest absolute Gasteiger partial charge is 0.336 e. The number of aryl methyl sites for hydroxylation is 1. The molecule has 0 bridgehead atoms. The summed E-state index contributed by atoms with van der Waals surface area (Å²) in [6, 6.07) is 5.15. The number of aliphatic hydroxyl groups excluding tert-OH is 1. The van der Waals surface area contributed by atoms with Gasteiger partial charge in [-0.25, -0.2) is 9.10 Å². The summed E-state index contributed by atoms with van der Waals surface area (Å²) in [5.74, 6) is 1.64. The van der Waals surface area contributed by atoms with Gasteiger partial charge in [0.15, 0.2) is 0 Å². The van der Waals surface area contributed by atoms with E-state index in [1.165, 1.54) is 80.8 Å². The van der Waals surface area contributed by atoms with Gasteiger partial charge in [0.2, 0.25) is 0 Å². The SMILES string of the molecule is C=CC.Cc1ccc(N(O)SN2CCCC3(C)C(CCC4(C)C3CCC3[C@H]5CCCC5(CO)CC[C@]34C)C2(C)C)cc1C(=O)O. The van der Waals surface area contributed by atoms with Crippen molar-refractivity contribution in [3.8, 4) is 0 Å². The van der Waals surface area contributed by atoms with Crippen molar-refractivity contribution in [3.63, 3.8) is 0 Å². The molecule has 1 aromatic carbocycles. The van der Waals surface area contributed by atoms with E-state index in [-0.39, 0.29) is 21.9 Å². The zero-order chi connectivity index (χ0) is 33.0. The van der Waals surface area contributed by atoms with Crippen molar-refractivity contribution < 1.29 is 20.2 Å². The van der Waals surface area contributed by atoms with E-state index in [9.17, 15) is 20.2 Å². The van der Waals surface area contributed by atoms with Crippen LogP contribution in [0.2, 0.25) is 0 Å². The summed E-state index contributed by atoms with van der Waals surface area (Å²) < 4.78 is 3.56. The number of anilines is 1. The number of hydrogen-bond acceptors (Lipinski definition) is 6. The van der Waals surface area contributed by atoms with Gasteiger partial charge < -0.3 is 10.2 Å². The number of carboxylic acids is 1. The molecule has 4 saturated carbocycles. The average molecular weight is 641 g/mol. The molecule has 5 aliphatic rings. The number of carboxylic acid groups (broad SMARTS) is 1. The Kier molecular flexibility index (Phi) is 9.65. The molecule has 1 aromatic rings. The third kappa shape index (κ3) is 5.40. The van der Waals surface area contributed by atoms with Gasteiger partial charge in [-0.3, -0.25) is 5.21 Å². The lowest BCUT2D eigenvalue weighted by atomic mass is 9.34. The Balaban J connectivity index is 0.00000128. The van der Waals surface area contributed by atoms with Crippen LogP contribution in [0.3, 0.4) is 0 Å². The fourth-order valence-corrected chi connectivity index (χ4v) is 13.1. The minimum Gasteiger partial charge on any atom is -0.478 e. The van der Waals surface area contributed by atoms with Crippen LogP contribution in [-0.4, -0.2) is 44.4 Å². The maximum atomic E-state index is 11.7. The molecule has 0 radical (unpaired) electrons. The molecule has 1 heterocycles. The molecular formula is C38H60N2O4S. The highest BCUT2D eigenvalue weighted by Crippen LogP contribution is 2.76. The second-order valence-corrected chi connectivity index (χ2v) is 17.6. The number of aliphatic hydroxyl groups is 1. The highest BCUT2D eigenvalue weighted by atomic mass is 32.2. The standard InChI is InChI=1S/C35H54N2O4S.C3H6/c1-23-10-11-24(21-25(23)30(39)40)37(41)42-36-20-8-15-32(4)28(31(36,2)3)14-17-34(6)29(32)13-12-26-27-9-7-16-35(27,22-38)19-18-33(26,34)5;1-3-2/h10-11,21,26-29,38,41H,7-9,12-20,22H2,1-6H3,(H,39,40);3H,1H2,2H3/t26?,27-,28?,29?,32?,33-,34?,35?;/m1./s1. The second-order valence-electron chi connectivity index (χ2n) is 16.6. The van der Waals surface area contributed by atoms with Gasteiger partial charge in [-0.15, -0.1) is 6.58 Å². The van der Waals surface area contributed by atoms with Gasteiger partial charge in [0.1, 0.15) is 0 Å². The summed E-state index contributed by atoms with van der Waals surface area (Å²) in [5.41, 5.74) is 2.33. The molecule has 4 aliphatic carbocycles. The lowest BCUT2D eigenvalue weighted by Gasteiger charge is -2.71. The number of rotatable bonds is 5. The Morgan fingerprint density at radius 3 is 2.36 bits per heavy atom. The number of allylic oxidation sites excluding steroid dienone is 1. The lowest BCUT2D eigenvalue weighted by Crippen LogP contribution is -2.65. The molecule has 5 fully saturated rings.